The van der Waals surface area contributed by atoms with Gasteiger partial charge in [0.25, 0.3) is 5.91 Å². The van der Waals surface area contributed by atoms with Crippen LogP contribution in [0.2, 0.25) is 0 Å². The van der Waals surface area contributed by atoms with E-state index in [1.54, 1.807) is 11.3 Å². The van der Waals surface area contributed by atoms with E-state index in [1.807, 2.05) is 23.1 Å². The van der Waals surface area contributed by atoms with E-state index >= 15 is 0 Å². The van der Waals surface area contributed by atoms with Crippen molar-refractivity contribution in [3.63, 3.8) is 0 Å². The molecule has 0 spiro atoms. The average Bonchev–Trinajstić information content (AvgIpc) is 3.35. The van der Waals surface area contributed by atoms with Crippen LogP contribution < -0.4 is 10.1 Å². The van der Waals surface area contributed by atoms with Crippen LogP contribution in [0.25, 0.3) is 0 Å². The van der Waals surface area contributed by atoms with Gasteiger partial charge in [0.1, 0.15) is 11.9 Å². The van der Waals surface area contributed by atoms with Crippen LogP contribution in [0.15, 0.2) is 36.4 Å². The summed E-state index contributed by atoms with van der Waals surface area (Å²) >= 11 is 1.65. The summed E-state index contributed by atoms with van der Waals surface area (Å²) in [5.74, 6) is 1.10. The number of nitrogens with zero attached hydrogens (tertiary/aromatic N) is 1. The molecule has 1 N–H and O–H groups in total. The summed E-state index contributed by atoms with van der Waals surface area (Å²) in [5.41, 5.74) is 1.24. The topological polar surface area (TPSA) is 41.6 Å². The molecule has 1 aromatic carbocycles. The van der Waals surface area contributed by atoms with Gasteiger partial charge in [0.05, 0.1) is 4.88 Å². The van der Waals surface area contributed by atoms with E-state index in [1.165, 1.54) is 23.3 Å². The van der Waals surface area contributed by atoms with Crippen molar-refractivity contribution >= 4 is 17.2 Å². The summed E-state index contributed by atoms with van der Waals surface area (Å²) in [7, 11) is 0. The molecule has 2 aromatic rings. The van der Waals surface area contributed by atoms with Gasteiger partial charge in [-0.15, -0.1) is 11.3 Å². The molecule has 1 atom stereocenters. The van der Waals surface area contributed by atoms with Gasteiger partial charge in [0.2, 0.25) is 0 Å². The Morgan fingerprint density at radius 1 is 1.12 bits per heavy atom. The number of carbonyl (C=O) groups is 1. The second-order valence-electron chi connectivity index (χ2n) is 7.27. The second kappa shape index (κ2) is 7.80. The average molecular weight is 371 g/mol. The molecule has 2 aliphatic heterocycles. The minimum atomic E-state index is 0.174. The van der Waals surface area contributed by atoms with Crippen molar-refractivity contribution in [2.75, 3.05) is 19.6 Å². The fourth-order valence-corrected chi connectivity index (χ4v) is 4.81. The number of benzene rings is 1. The fraction of sp³-hybridized carbons (Fsp3) is 0.476. The van der Waals surface area contributed by atoms with Crippen LogP contribution in [0.4, 0.5) is 0 Å². The third-order valence-corrected chi connectivity index (χ3v) is 6.48. The first kappa shape index (κ1) is 17.6. The lowest BCUT2D eigenvalue weighted by atomic mass is 10.1. The van der Waals surface area contributed by atoms with Gasteiger partial charge in [-0.2, -0.15) is 0 Å². The number of carbonyl (C=O) groups excluding carboxylic acids is 1. The Balaban J connectivity index is 1.31. The zero-order chi connectivity index (χ0) is 17.9. The lowest BCUT2D eigenvalue weighted by Gasteiger charge is -2.32. The zero-order valence-corrected chi connectivity index (χ0v) is 16.1. The molecule has 3 heterocycles. The van der Waals surface area contributed by atoms with Gasteiger partial charge in [-0.05, 0) is 50.6 Å². The van der Waals surface area contributed by atoms with Gasteiger partial charge in [-0.1, -0.05) is 17.7 Å². The van der Waals surface area contributed by atoms with Crippen LogP contribution in [0.5, 0.6) is 5.75 Å². The Bertz CT molecular complexity index is 742. The van der Waals surface area contributed by atoms with Crippen molar-refractivity contribution < 1.29 is 9.53 Å². The summed E-state index contributed by atoms with van der Waals surface area (Å²) < 4.78 is 6.07. The molecule has 0 radical (unpaired) electrons. The first-order valence-electron chi connectivity index (χ1n) is 9.55. The van der Waals surface area contributed by atoms with Crippen molar-refractivity contribution in [2.45, 2.75) is 44.8 Å². The molecule has 5 heteroatoms. The van der Waals surface area contributed by atoms with E-state index in [-0.39, 0.29) is 12.0 Å². The van der Waals surface area contributed by atoms with E-state index in [0.29, 0.717) is 6.04 Å². The smallest absolute Gasteiger partial charge is 0.263 e. The molecule has 0 aliphatic carbocycles. The number of ether oxygens (including phenoxy) is 1. The highest BCUT2D eigenvalue weighted by molar-refractivity contribution is 7.14. The highest BCUT2D eigenvalue weighted by Gasteiger charge is 2.26. The first-order valence-corrected chi connectivity index (χ1v) is 10.4. The van der Waals surface area contributed by atoms with Crippen molar-refractivity contribution in [2.24, 2.45) is 0 Å². The molecule has 0 unspecified atom stereocenters. The van der Waals surface area contributed by atoms with Crippen molar-refractivity contribution in [3.05, 3.63) is 51.7 Å². The minimum Gasteiger partial charge on any atom is -0.490 e. The molecule has 4 nitrogen and oxygen atoms in total. The van der Waals surface area contributed by atoms with Crippen molar-refractivity contribution in [1.82, 2.24) is 10.2 Å². The highest BCUT2D eigenvalue weighted by Crippen LogP contribution is 2.30. The van der Waals surface area contributed by atoms with Crippen LogP contribution >= 0.6 is 11.3 Å². The molecular weight excluding hydrogens is 344 g/mol. The van der Waals surface area contributed by atoms with E-state index in [0.717, 1.165) is 43.1 Å². The summed E-state index contributed by atoms with van der Waals surface area (Å²) in [5, 5.41) is 3.51. The summed E-state index contributed by atoms with van der Waals surface area (Å²) in [6.07, 6.45) is 4.38. The number of nitrogens with one attached hydrogen (secondary N) is 1. The second-order valence-corrected chi connectivity index (χ2v) is 8.39. The van der Waals surface area contributed by atoms with Crippen LogP contribution in [-0.4, -0.2) is 36.5 Å². The minimum absolute atomic E-state index is 0.174. The van der Waals surface area contributed by atoms with E-state index < -0.39 is 0 Å². The number of aryl methyl sites for hydroxylation is 1. The van der Waals surface area contributed by atoms with Crippen molar-refractivity contribution in [1.29, 1.82) is 0 Å². The predicted octanol–water partition coefficient (Wildman–Crippen LogP) is 4.16. The maximum atomic E-state index is 12.8. The molecule has 4 rings (SSSR count). The van der Waals surface area contributed by atoms with Gasteiger partial charge in [0, 0.05) is 36.9 Å². The van der Waals surface area contributed by atoms with Crippen LogP contribution in [-0.2, 0) is 0 Å². The Morgan fingerprint density at radius 3 is 2.58 bits per heavy atom. The fourth-order valence-electron chi connectivity index (χ4n) is 3.72. The summed E-state index contributed by atoms with van der Waals surface area (Å²) in [4.78, 5) is 16.9. The lowest BCUT2D eigenvalue weighted by molar-refractivity contribution is 0.0600. The molecule has 1 aromatic heterocycles. The number of amides is 1. The molecular formula is C21H26N2O2S. The van der Waals surface area contributed by atoms with Gasteiger partial charge in [-0.3, -0.25) is 4.79 Å². The molecule has 2 aliphatic rings. The third-order valence-electron chi connectivity index (χ3n) is 5.29. The number of thiophene rings is 1. The Kier molecular flexibility index (Phi) is 5.27. The Labute approximate surface area is 159 Å². The zero-order valence-electron chi connectivity index (χ0n) is 15.2. The monoisotopic (exact) mass is 370 g/mol. The highest BCUT2D eigenvalue weighted by atomic mass is 32.1. The molecule has 2 saturated heterocycles. The first-order chi connectivity index (χ1) is 12.7. The predicted molar refractivity (Wildman–Crippen MR) is 105 cm³/mol. The maximum absolute atomic E-state index is 12.8. The molecule has 0 saturated carbocycles. The standard InChI is InChI=1S/C21H26N2O2S/c1-15-4-6-16(7-5-15)25-17-10-13-23(14-11-17)21(24)20-9-8-19(26-20)18-3-2-12-22-18/h4-9,17-18,22H,2-3,10-14H2,1H3/t18-/m0/s1. The number of likely N-dealkylation sites (tertiary alicyclic amines) is 1. The van der Waals surface area contributed by atoms with Gasteiger partial charge >= 0.3 is 0 Å². The number of piperidine rings is 1. The largest absolute Gasteiger partial charge is 0.490 e. The summed E-state index contributed by atoms with van der Waals surface area (Å²) in [6, 6.07) is 12.7. The van der Waals surface area contributed by atoms with Crippen LogP contribution in [0.1, 0.15) is 51.8 Å². The van der Waals surface area contributed by atoms with Crippen LogP contribution in [0.3, 0.4) is 0 Å². The Morgan fingerprint density at radius 2 is 1.88 bits per heavy atom. The molecule has 0 bridgehead atoms. The van der Waals surface area contributed by atoms with E-state index in [4.69, 9.17) is 4.74 Å². The molecule has 26 heavy (non-hydrogen) atoms. The maximum Gasteiger partial charge on any atom is 0.263 e. The van der Waals surface area contributed by atoms with E-state index in [2.05, 4.69) is 30.4 Å². The van der Waals surface area contributed by atoms with Gasteiger partial charge in [-0.25, -0.2) is 0 Å². The quantitative estimate of drug-likeness (QED) is 0.878. The number of rotatable bonds is 4. The molecule has 1 amide bonds. The third kappa shape index (κ3) is 3.94. The Hall–Kier alpha value is -1.85. The molecule has 2 fully saturated rings. The van der Waals surface area contributed by atoms with Gasteiger partial charge in [0.15, 0.2) is 0 Å². The summed E-state index contributed by atoms with van der Waals surface area (Å²) in [6.45, 7) is 4.70. The lowest BCUT2D eigenvalue weighted by Crippen LogP contribution is -2.41. The number of hydrogen-bond acceptors (Lipinski definition) is 4. The van der Waals surface area contributed by atoms with Crippen LogP contribution in [0, 0.1) is 6.92 Å². The SMILES string of the molecule is Cc1ccc(OC2CCN(C(=O)c3ccc([C@@H]4CCCN4)s3)CC2)cc1. The van der Waals surface area contributed by atoms with Crippen molar-refractivity contribution in [3.8, 4) is 5.75 Å². The normalized spacial score (nSPS) is 21.1. The van der Waals surface area contributed by atoms with Gasteiger partial charge < -0.3 is 15.0 Å². The van der Waals surface area contributed by atoms with E-state index in [9.17, 15) is 4.79 Å². The number of hydrogen-bond donors (Lipinski definition) is 1. The molecule has 138 valence electrons.